The van der Waals surface area contributed by atoms with Gasteiger partial charge in [0.1, 0.15) is 23.2 Å². The fraction of sp³-hybridized carbons (Fsp3) is 0.261. The van der Waals surface area contributed by atoms with E-state index in [9.17, 15) is 14.4 Å². The average Bonchev–Trinajstić information content (AvgIpc) is 3.19. The summed E-state index contributed by atoms with van der Waals surface area (Å²) in [7, 11) is 2.76. The highest BCUT2D eigenvalue weighted by atomic mass is 16.5. The van der Waals surface area contributed by atoms with Gasteiger partial charge in [-0.05, 0) is 38.1 Å². The van der Waals surface area contributed by atoms with Gasteiger partial charge in [-0.2, -0.15) is 0 Å². The van der Waals surface area contributed by atoms with Gasteiger partial charge in [-0.15, -0.1) is 0 Å². The van der Waals surface area contributed by atoms with Crippen LogP contribution in [0.25, 0.3) is 10.9 Å². The van der Waals surface area contributed by atoms with Crippen LogP contribution >= 0.6 is 0 Å². The first kappa shape index (κ1) is 21.2. The quantitative estimate of drug-likeness (QED) is 0.509. The average molecular weight is 436 g/mol. The van der Waals surface area contributed by atoms with Gasteiger partial charge < -0.3 is 30.0 Å². The highest BCUT2D eigenvalue weighted by Crippen LogP contribution is 2.37. The second kappa shape index (κ2) is 8.26. The lowest BCUT2D eigenvalue weighted by Gasteiger charge is -2.24. The normalized spacial score (nSPS) is 14.6. The van der Waals surface area contributed by atoms with Crippen LogP contribution in [0.15, 0.2) is 36.4 Å². The number of anilines is 3. The summed E-state index contributed by atoms with van der Waals surface area (Å²) in [5.41, 5.74) is 2.92. The van der Waals surface area contributed by atoms with Crippen LogP contribution in [0, 0.1) is 0 Å². The molecule has 0 spiro atoms. The molecule has 2 heterocycles. The number of carbonyl (C=O) groups is 3. The first-order valence-electron chi connectivity index (χ1n) is 10.2. The first-order valence-corrected chi connectivity index (χ1v) is 10.2. The topological polar surface area (TPSA) is 111 Å². The first-order chi connectivity index (χ1) is 15.4. The molecule has 9 heteroatoms. The minimum atomic E-state index is -0.563. The van der Waals surface area contributed by atoms with Crippen molar-refractivity contribution in [1.29, 1.82) is 0 Å². The van der Waals surface area contributed by atoms with Crippen LogP contribution in [0.4, 0.5) is 17.1 Å². The van der Waals surface area contributed by atoms with Crippen LogP contribution in [0.2, 0.25) is 0 Å². The van der Waals surface area contributed by atoms with Crippen molar-refractivity contribution < 1.29 is 23.9 Å². The zero-order valence-electron chi connectivity index (χ0n) is 18.2. The molecule has 0 saturated heterocycles. The Morgan fingerprint density at radius 2 is 1.97 bits per heavy atom. The lowest BCUT2D eigenvalue weighted by Crippen LogP contribution is -2.31. The highest BCUT2D eigenvalue weighted by molar-refractivity contribution is 6.13. The summed E-state index contributed by atoms with van der Waals surface area (Å²) in [4.78, 5) is 38.0. The van der Waals surface area contributed by atoms with E-state index in [2.05, 4.69) is 16.0 Å². The van der Waals surface area contributed by atoms with Gasteiger partial charge in [0.25, 0.3) is 5.91 Å². The van der Waals surface area contributed by atoms with Crippen molar-refractivity contribution in [3.63, 3.8) is 0 Å². The summed E-state index contributed by atoms with van der Waals surface area (Å²) >= 11 is 0. The molecule has 4 rings (SSSR count). The van der Waals surface area contributed by atoms with E-state index in [-0.39, 0.29) is 11.5 Å². The summed E-state index contributed by atoms with van der Waals surface area (Å²) in [6, 6.07) is 9.79. The molecule has 2 aromatic carbocycles. The van der Waals surface area contributed by atoms with Crippen molar-refractivity contribution in [3.8, 4) is 5.75 Å². The third-order valence-electron chi connectivity index (χ3n) is 5.46. The fourth-order valence-corrected chi connectivity index (χ4v) is 3.97. The Hall–Kier alpha value is -4.01. The van der Waals surface area contributed by atoms with Crippen molar-refractivity contribution in [1.82, 2.24) is 4.57 Å². The SMILES string of the molecule is CCNc1c(NC(=O)c2cc3cccc4c3n2C(C)C(=O)N4)cc(C(=O)OC)cc1OC. The molecule has 166 valence electrons. The number of nitrogens with zero attached hydrogens (tertiary/aromatic N) is 1. The predicted molar refractivity (Wildman–Crippen MR) is 122 cm³/mol. The molecule has 3 aromatic rings. The predicted octanol–water partition coefficient (Wildman–Crippen LogP) is 3.63. The van der Waals surface area contributed by atoms with E-state index in [1.165, 1.54) is 20.3 Å². The fourth-order valence-electron chi connectivity index (χ4n) is 3.97. The van der Waals surface area contributed by atoms with Crippen LogP contribution in [-0.4, -0.2) is 43.1 Å². The molecule has 1 atom stereocenters. The largest absolute Gasteiger partial charge is 0.494 e. The molecule has 2 amide bonds. The molecule has 1 aliphatic rings. The standard InChI is InChI=1S/C23H24N4O5/c1-5-24-19-16(9-14(23(30)32-4)11-18(19)31-3)26-22(29)17-10-13-7-6-8-15-20(13)27(17)12(2)21(28)25-15/h6-12,24H,5H2,1-4H3,(H,25,28)(H,26,29). The Labute approximate surface area is 184 Å². The number of ether oxygens (including phenoxy) is 2. The van der Waals surface area contributed by atoms with Gasteiger partial charge in [-0.3, -0.25) is 9.59 Å². The van der Waals surface area contributed by atoms with E-state index in [0.717, 1.165) is 10.9 Å². The maximum atomic E-state index is 13.4. The number of carbonyl (C=O) groups excluding carboxylic acids is 3. The molecule has 32 heavy (non-hydrogen) atoms. The van der Waals surface area contributed by atoms with Crippen molar-refractivity contribution in [3.05, 3.63) is 47.7 Å². The number of nitrogens with one attached hydrogen (secondary N) is 3. The number of rotatable bonds is 6. The van der Waals surface area contributed by atoms with Gasteiger partial charge in [-0.25, -0.2) is 4.79 Å². The zero-order chi connectivity index (χ0) is 23.0. The van der Waals surface area contributed by atoms with Gasteiger partial charge >= 0.3 is 5.97 Å². The summed E-state index contributed by atoms with van der Waals surface area (Å²) < 4.78 is 12.0. The number of benzene rings is 2. The smallest absolute Gasteiger partial charge is 0.338 e. The molecule has 9 nitrogen and oxygen atoms in total. The molecular formula is C23H24N4O5. The van der Waals surface area contributed by atoms with E-state index in [4.69, 9.17) is 9.47 Å². The van der Waals surface area contributed by atoms with Crippen LogP contribution < -0.4 is 20.7 Å². The summed E-state index contributed by atoms with van der Waals surface area (Å²) in [5.74, 6) is -0.781. The second-order valence-electron chi connectivity index (χ2n) is 7.39. The molecular weight excluding hydrogens is 412 g/mol. The number of amides is 2. The van der Waals surface area contributed by atoms with Gasteiger partial charge in [0.2, 0.25) is 5.91 Å². The molecule has 0 saturated carbocycles. The molecule has 1 aromatic heterocycles. The summed E-state index contributed by atoms with van der Waals surface area (Å²) in [5, 5.41) is 9.76. The molecule has 1 aliphatic heterocycles. The van der Waals surface area contributed by atoms with E-state index in [1.807, 2.05) is 19.1 Å². The van der Waals surface area contributed by atoms with E-state index in [0.29, 0.717) is 35.1 Å². The number of methoxy groups -OCH3 is 2. The van der Waals surface area contributed by atoms with Crippen LogP contribution in [0.5, 0.6) is 5.75 Å². The Morgan fingerprint density at radius 3 is 2.66 bits per heavy atom. The van der Waals surface area contributed by atoms with E-state index in [1.54, 1.807) is 29.7 Å². The van der Waals surface area contributed by atoms with Crippen molar-refractivity contribution >= 4 is 45.7 Å². The Bertz CT molecular complexity index is 1250. The van der Waals surface area contributed by atoms with Crippen molar-refractivity contribution in [2.75, 3.05) is 36.7 Å². The number of esters is 1. The lowest BCUT2D eigenvalue weighted by molar-refractivity contribution is -0.118. The number of aromatic nitrogens is 1. The molecule has 1 unspecified atom stereocenters. The number of hydrogen-bond donors (Lipinski definition) is 3. The number of para-hydroxylation sites is 1. The van der Waals surface area contributed by atoms with Crippen LogP contribution in [0.3, 0.4) is 0 Å². The Morgan fingerprint density at radius 1 is 1.19 bits per heavy atom. The van der Waals surface area contributed by atoms with Crippen molar-refractivity contribution in [2.24, 2.45) is 0 Å². The monoisotopic (exact) mass is 436 g/mol. The van der Waals surface area contributed by atoms with Crippen LogP contribution in [-0.2, 0) is 9.53 Å². The third-order valence-corrected chi connectivity index (χ3v) is 5.46. The molecule has 3 N–H and O–H groups in total. The van der Waals surface area contributed by atoms with E-state index < -0.39 is 17.9 Å². The van der Waals surface area contributed by atoms with Gasteiger partial charge in [0.15, 0.2) is 0 Å². The maximum Gasteiger partial charge on any atom is 0.338 e. The molecule has 0 fully saturated rings. The Balaban J connectivity index is 1.82. The van der Waals surface area contributed by atoms with Gasteiger partial charge in [0, 0.05) is 11.9 Å². The summed E-state index contributed by atoms with van der Waals surface area (Å²) in [6.45, 7) is 4.22. The highest BCUT2D eigenvalue weighted by Gasteiger charge is 2.30. The Kier molecular flexibility index (Phi) is 5.48. The summed E-state index contributed by atoms with van der Waals surface area (Å²) in [6.07, 6.45) is 0. The van der Waals surface area contributed by atoms with Gasteiger partial charge in [-0.1, -0.05) is 12.1 Å². The van der Waals surface area contributed by atoms with Crippen molar-refractivity contribution in [2.45, 2.75) is 19.9 Å². The molecule has 0 radical (unpaired) electrons. The zero-order valence-corrected chi connectivity index (χ0v) is 18.2. The third kappa shape index (κ3) is 3.41. The lowest BCUT2D eigenvalue weighted by atomic mass is 10.1. The number of hydrogen-bond acceptors (Lipinski definition) is 6. The second-order valence-corrected chi connectivity index (χ2v) is 7.39. The molecule has 0 aliphatic carbocycles. The van der Waals surface area contributed by atoms with Crippen LogP contribution in [0.1, 0.15) is 40.7 Å². The van der Waals surface area contributed by atoms with Gasteiger partial charge in [0.05, 0.1) is 36.7 Å². The minimum absolute atomic E-state index is 0.196. The molecule has 0 bridgehead atoms. The minimum Gasteiger partial charge on any atom is -0.494 e. The maximum absolute atomic E-state index is 13.4. The van der Waals surface area contributed by atoms with E-state index >= 15 is 0 Å².